The molecule has 3 nitrogen and oxygen atoms in total. The molecule has 0 aliphatic rings. The van der Waals surface area contributed by atoms with E-state index in [4.69, 9.17) is 4.74 Å². The van der Waals surface area contributed by atoms with Gasteiger partial charge >= 0.3 is 6.18 Å². The largest absolute Gasteiger partial charge is 0.416 e. The van der Waals surface area contributed by atoms with E-state index < -0.39 is 11.7 Å². The molecule has 0 amide bonds. The molecular weight excluding hydrogens is 557 g/mol. The monoisotopic (exact) mass is 629 g/mol. The maximum atomic E-state index is 12.6. The third-order valence-corrected chi connectivity index (χ3v) is 6.93. The molecule has 0 saturated heterocycles. The van der Waals surface area contributed by atoms with Gasteiger partial charge < -0.3 is 4.74 Å². The molecule has 44 heavy (non-hydrogen) atoms. The highest BCUT2D eigenvalue weighted by Crippen LogP contribution is 2.29. The van der Waals surface area contributed by atoms with E-state index in [9.17, 15) is 13.2 Å². The minimum atomic E-state index is -4.30. The van der Waals surface area contributed by atoms with Crippen LogP contribution in [-0.2, 0) is 17.5 Å². The Labute approximate surface area is 271 Å². The summed E-state index contributed by atoms with van der Waals surface area (Å²) in [7, 11) is 0. The Morgan fingerprint density at radius 3 is 1.73 bits per heavy atom. The fraction of sp³-hybridized carbons (Fsp3) is 0.763. The van der Waals surface area contributed by atoms with Crippen LogP contribution in [0.15, 0.2) is 30.3 Å². The van der Waals surface area contributed by atoms with E-state index in [0.29, 0.717) is 12.1 Å². The van der Waals surface area contributed by atoms with Gasteiger partial charge in [0.1, 0.15) is 0 Å². The van der Waals surface area contributed by atoms with Crippen LogP contribution in [0.5, 0.6) is 0 Å². The number of aryl methyl sites for hydroxylation is 2. The fourth-order valence-corrected chi connectivity index (χ4v) is 3.50. The Morgan fingerprint density at radius 1 is 0.727 bits per heavy atom. The summed E-state index contributed by atoms with van der Waals surface area (Å²) in [6.07, 6.45) is 13.0. The van der Waals surface area contributed by atoms with Crippen LogP contribution in [0.2, 0.25) is 0 Å². The maximum absolute atomic E-state index is 12.6. The number of ether oxygens (including phenoxy) is 1. The zero-order chi connectivity index (χ0) is 34.2. The topological polar surface area (TPSA) is 27.1 Å². The van der Waals surface area contributed by atoms with Crippen molar-refractivity contribution < 1.29 is 17.9 Å². The van der Waals surface area contributed by atoms with Gasteiger partial charge in [-0.25, -0.2) is 0 Å². The second-order valence-corrected chi connectivity index (χ2v) is 11.6. The third kappa shape index (κ3) is 30.2. The first-order valence-electron chi connectivity index (χ1n) is 17.7. The van der Waals surface area contributed by atoms with E-state index in [1.807, 2.05) is 19.9 Å². The Balaban J connectivity index is -0.000000549. The summed E-state index contributed by atoms with van der Waals surface area (Å²) in [5.41, 5.74) is 1.77. The van der Waals surface area contributed by atoms with Gasteiger partial charge in [0, 0.05) is 18.9 Å². The zero-order valence-corrected chi connectivity index (χ0v) is 30.7. The summed E-state index contributed by atoms with van der Waals surface area (Å²) in [4.78, 5) is 0. The Bertz CT molecular complexity index is 835. The highest BCUT2D eigenvalue weighted by atomic mass is 19.4. The standard InChI is InChI=1S/C13H13F3N2.C9H20.C8H18O.2C4H10/c1-9-6-10(2)18(17-9)8-11-4-3-5-12(7-11)13(14,15)16;1-4-6-7-8-9(3)5-2;1-3-5-6-8-9-7-4-2;2*1-3-4-2/h3-7H,8H2,1-2H3;9H,4-8H2,1-3H3;3-8H2,1-2H3;2*3-4H2,1-2H3. The van der Waals surface area contributed by atoms with Gasteiger partial charge in [-0.15, -0.1) is 0 Å². The highest BCUT2D eigenvalue weighted by Gasteiger charge is 2.30. The van der Waals surface area contributed by atoms with Crippen LogP contribution >= 0.6 is 0 Å². The second-order valence-electron chi connectivity index (χ2n) is 11.6. The number of alkyl halides is 3. The van der Waals surface area contributed by atoms with Gasteiger partial charge in [-0.1, -0.05) is 145 Å². The minimum Gasteiger partial charge on any atom is -0.381 e. The molecule has 1 atom stereocenters. The van der Waals surface area contributed by atoms with Crippen LogP contribution in [0.3, 0.4) is 0 Å². The number of rotatable bonds is 15. The molecule has 1 aromatic heterocycles. The number of hydrogen-bond acceptors (Lipinski definition) is 2. The summed E-state index contributed by atoms with van der Waals surface area (Å²) < 4.78 is 44.7. The van der Waals surface area contributed by atoms with Gasteiger partial charge in [-0.2, -0.15) is 18.3 Å². The number of aromatic nitrogens is 2. The van der Waals surface area contributed by atoms with Crippen molar-refractivity contribution in [2.75, 3.05) is 13.2 Å². The zero-order valence-electron chi connectivity index (χ0n) is 30.7. The molecule has 0 bridgehead atoms. The Hall–Kier alpha value is -1.82. The van der Waals surface area contributed by atoms with Crippen molar-refractivity contribution in [2.24, 2.45) is 5.92 Å². The van der Waals surface area contributed by atoms with Gasteiger partial charge in [0.05, 0.1) is 17.8 Å². The van der Waals surface area contributed by atoms with Crippen LogP contribution in [0.1, 0.15) is 168 Å². The van der Waals surface area contributed by atoms with Crippen LogP contribution in [0.4, 0.5) is 13.2 Å². The maximum Gasteiger partial charge on any atom is 0.416 e. The van der Waals surface area contributed by atoms with Crippen LogP contribution in [-0.4, -0.2) is 23.0 Å². The lowest BCUT2D eigenvalue weighted by molar-refractivity contribution is -0.137. The Morgan fingerprint density at radius 2 is 1.30 bits per heavy atom. The van der Waals surface area contributed by atoms with Gasteiger partial charge in [0.25, 0.3) is 0 Å². The number of benzene rings is 1. The molecule has 0 aliphatic carbocycles. The van der Waals surface area contributed by atoms with Crippen LogP contribution in [0, 0.1) is 19.8 Å². The molecule has 0 spiro atoms. The SMILES string of the molecule is CCCC.CCCC.CCCCCC(C)CC.CCCCCOCCC.Cc1cc(C)n(Cc2cccc(C(F)(F)F)c2)n1. The summed E-state index contributed by atoms with van der Waals surface area (Å²) in [5, 5.41) is 4.23. The molecule has 0 fully saturated rings. The first-order chi connectivity index (χ1) is 20.9. The van der Waals surface area contributed by atoms with Crippen molar-refractivity contribution in [3.8, 4) is 0 Å². The lowest BCUT2D eigenvalue weighted by atomic mass is 10.0. The molecule has 0 N–H and O–H groups in total. The average molecular weight is 629 g/mol. The first-order valence-corrected chi connectivity index (χ1v) is 17.7. The molecule has 1 unspecified atom stereocenters. The molecule has 0 saturated carbocycles. The van der Waals surface area contributed by atoms with Gasteiger partial charge in [0.15, 0.2) is 0 Å². The van der Waals surface area contributed by atoms with Crippen LogP contribution < -0.4 is 0 Å². The molecule has 2 rings (SSSR count). The predicted molar refractivity (Wildman–Crippen MR) is 188 cm³/mol. The molecule has 2 aromatic rings. The number of halogens is 3. The van der Waals surface area contributed by atoms with Crippen LogP contribution in [0.25, 0.3) is 0 Å². The van der Waals surface area contributed by atoms with Gasteiger partial charge in [0.2, 0.25) is 0 Å². The summed E-state index contributed by atoms with van der Waals surface area (Å²) in [6, 6.07) is 7.23. The number of nitrogens with zero attached hydrogens (tertiary/aromatic N) is 2. The lowest BCUT2D eigenvalue weighted by Gasteiger charge is -2.09. The predicted octanol–water partition coefficient (Wildman–Crippen LogP) is 13.4. The molecule has 1 heterocycles. The van der Waals surface area contributed by atoms with Crippen molar-refractivity contribution in [2.45, 2.75) is 172 Å². The van der Waals surface area contributed by atoms with Crippen molar-refractivity contribution in [3.63, 3.8) is 0 Å². The normalized spacial score (nSPS) is 11.0. The smallest absolute Gasteiger partial charge is 0.381 e. The minimum absolute atomic E-state index is 0.351. The van der Waals surface area contributed by atoms with E-state index in [-0.39, 0.29) is 0 Å². The lowest BCUT2D eigenvalue weighted by Crippen LogP contribution is -2.08. The van der Waals surface area contributed by atoms with E-state index >= 15 is 0 Å². The average Bonchev–Trinajstić information content (AvgIpc) is 3.33. The molecule has 6 heteroatoms. The fourth-order valence-electron chi connectivity index (χ4n) is 3.50. The summed E-state index contributed by atoms with van der Waals surface area (Å²) >= 11 is 0. The van der Waals surface area contributed by atoms with Gasteiger partial charge in [-0.3, -0.25) is 4.68 Å². The molecule has 0 aliphatic heterocycles. The summed E-state index contributed by atoms with van der Waals surface area (Å²) in [6.45, 7) is 25.9. The molecule has 0 radical (unpaired) electrons. The van der Waals surface area contributed by atoms with Crippen molar-refractivity contribution in [1.29, 1.82) is 0 Å². The van der Waals surface area contributed by atoms with E-state index in [0.717, 1.165) is 49.1 Å². The van der Waals surface area contributed by atoms with E-state index in [2.05, 4.69) is 67.4 Å². The molecular formula is C38H71F3N2O. The van der Waals surface area contributed by atoms with Crippen molar-refractivity contribution in [1.82, 2.24) is 9.78 Å². The molecule has 260 valence electrons. The Kier molecular flexibility index (Phi) is 34.5. The quantitative estimate of drug-likeness (QED) is 0.183. The highest BCUT2D eigenvalue weighted by molar-refractivity contribution is 5.26. The third-order valence-electron chi connectivity index (χ3n) is 6.93. The van der Waals surface area contributed by atoms with E-state index in [1.165, 1.54) is 83.1 Å². The number of unbranched alkanes of at least 4 members (excludes halogenated alkanes) is 6. The second kappa shape index (κ2) is 32.6. The van der Waals surface area contributed by atoms with Crippen molar-refractivity contribution in [3.05, 3.63) is 52.8 Å². The van der Waals surface area contributed by atoms with Crippen molar-refractivity contribution >= 4 is 0 Å². The van der Waals surface area contributed by atoms with Gasteiger partial charge in [-0.05, 0) is 56.4 Å². The first kappa shape index (κ1) is 46.6. The van der Waals surface area contributed by atoms with E-state index in [1.54, 1.807) is 10.7 Å². The summed E-state index contributed by atoms with van der Waals surface area (Å²) in [5.74, 6) is 0.955. The number of hydrogen-bond donors (Lipinski definition) is 0. The molecule has 1 aromatic carbocycles.